The van der Waals surface area contributed by atoms with Gasteiger partial charge in [0.15, 0.2) is 0 Å². The van der Waals surface area contributed by atoms with Crippen molar-refractivity contribution in [3.05, 3.63) is 12.7 Å². The zero-order valence-corrected chi connectivity index (χ0v) is 10.2. The number of hydrogen-bond donors (Lipinski definition) is 0. The van der Waals surface area contributed by atoms with Crippen molar-refractivity contribution in [2.75, 3.05) is 19.8 Å². The molecule has 1 spiro atoms. The van der Waals surface area contributed by atoms with Gasteiger partial charge in [-0.25, -0.2) is 0 Å². The molecule has 2 fully saturated rings. The molecule has 90 valence electrons. The van der Waals surface area contributed by atoms with E-state index in [4.69, 9.17) is 4.74 Å². The third-order valence-electron chi connectivity index (χ3n) is 4.03. The van der Waals surface area contributed by atoms with Crippen LogP contribution in [0.25, 0.3) is 0 Å². The molecule has 1 amide bonds. The molecule has 2 heterocycles. The molecule has 0 bridgehead atoms. The molecule has 0 N–H and O–H groups in total. The molecule has 0 aliphatic carbocycles. The van der Waals surface area contributed by atoms with Crippen molar-refractivity contribution < 1.29 is 9.53 Å². The van der Waals surface area contributed by atoms with Crippen LogP contribution in [0.3, 0.4) is 0 Å². The fraction of sp³-hybridized carbons (Fsp3) is 0.769. The predicted octanol–water partition coefficient (Wildman–Crippen LogP) is 1.84. The van der Waals surface area contributed by atoms with Gasteiger partial charge in [0.25, 0.3) is 0 Å². The SMILES string of the molecule is C=CC(=O)N1CC2(CCOCC2)C1C(C)C. The average molecular weight is 223 g/mol. The summed E-state index contributed by atoms with van der Waals surface area (Å²) in [5.74, 6) is 0.589. The number of nitrogens with zero attached hydrogens (tertiary/aromatic N) is 1. The number of ether oxygens (including phenoxy) is 1. The molecule has 0 aromatic heterocycles. The Bertz CT molecular complexity index is 292. The molecule has 1 unspecified atom stereocenters. The Hall–Kier alpha value is -0.830. The Kier molecular flexibility index (Phi) is 3.06. The largest absolute Gasteiger partial charge is 0.381 e. The fourth-order valence-electron chi connectivity index (χ4n) is 3.38. The molecular formula is C13H21NO2. The van der Waals surface area contributed by atoms with Gasteiger partial charge >= 0.3 is 0 Å². The van der Waals surface area contributed by atoms with Crippen LogP contribution in [0.5, 0.6) is 0 Å². The van der Waals surface area contributed by atoms with Crippen molar-refractivity contribution in [2.24, 2.45) is 11.3 Å². The van der Waals surface area contributed by atoms with Crippen molar-refractivity contribution >= 4 is 5.91 Å². The fourth-order valence-corrected chi connectivity index (χ4v) is 3.38. The average Bonchev–Trinajstić information content (AvgIpc) is 2.25. The van der Waals surface area contributed by atoms with Gasteiger partial charge in [0.05, 0.1) is 0 Å². The number of carbonyl (C=O) groups excluding carboxylic acids is 1. The van der Waals surface area contributed by atoms with Crippen LogP contribution < -0.4 is 0 Å². The van der Waals surface area contributed by atoms with E-state index in [1.807, 2.05) is 4.90 Å². The van der Waals surface area contributed by atoms with Crippen LogP contribution in [-0.4, -0.2) is 36.6 Å². The molecule has 0 radical (unpaired) electrons. The van der Waals surface area contributed by atoms with Gasteiger partial charge < -0.3 is 9.64 Å². The molecule has 0 aromatic rings. The Labute approximate surface area is 97.5 Å². The van der Waals surface area contributed by atoms with Crippen LogP contribution in [0.1, 0.15) is 26.7 Å². The van der Waals surface area contributed by atoms with Crippen LogP contribution in [0.2, 0.25) is 0 Å². The summed E-state index contributed by atoms with van der Waals surface area (Å²) in [7, 11) is 0. The highest BCUT2D eigenvalue weighted by molar-refractivity contribution is 5.88. The molecule has 1 atom stereocenters. The second-order valence-electron chi connectivity index (χ2n) is 5.33. The lowest BCUT2D eigenvalue weighted by Gasteiger charge is -2.60. The summed E-state index contributed by atoms with van der Waals surface area (Å²) in [5, 5.41) is 0. The van der Waals surface area contributed by atoms with Gasteiger partial charge in [0.2, 0.25) is 5.91 Å². The lowest BCUT2D eigenvalue weighted by Crippen LogP contribution is -2.69. The molecule has 2 aliphatic heterocycles. The third kappa shape index (κ3) is 1.67. The van der Waals surface area contributed by atoms with E-state index in [1.54, 1.807) is 0 Å². The predicted molar refractivity (Wildman–Crippen MR) is 63.0 cm³/mol. The molecule has 16 heavy (non-hydrogen) atoms. The molecule has 3 heteroatoms. The van der Waals surface area contributed by atoms with Crippen molar-refractivity contribution in [1.29, 1.82) is 0 Å². The van der Waals surface area contributed by atoms with E-state index in [2.05, 4.69) is 20.4 Å². The van der Waals surface area contributed by atoms with Crippen LogP contribution in [0.15, 0.2) is 12.7 Å². The van der Waals surface area contributed by atoms with E-state index in [-0.39, 0.29) is 5.91 Å². The minimum atomic E-state index is 0.0795. The summed E-state index contributed by atoms with van der Waals surface area (Å²) in [4.78, 5) is 13.7. The number of likely N-dealkylation sites (tertiary alicyclic amines) is 1. The second-order valence-corrected chi connectivity index (χ2v) is 5.33. The van der Waals surface area contributed by atoms with Crippen molar-refractivity contribution in [3.8, 4) is 0 Å². The summed E-state index contributed by atoms with van der Waals surface area (Å²) < 4.78 is 5.43. The van der Waals surface area contributed by atoms with Gasteiger partial charge in [-0.3, -0.25) is 4.79 Å². The first-order valence-corrected chi connectivity index (χ1v) is 6.11. The van der Waals surface area contributed by atoms with Crippen LogP contribution >= 0.6 is 0 Å². The van der Waals surface area contributed by atoms with E-state index < -0.39 is 0 Å². The van der Waals surface area contributed by atoms with E-state index in [9.17, 15) is 4.79 Å². The van der Waals surface area contributed by atoms with E-state index in [0.29, 0.717) is 17.4 Å². The summed E-state index contributed by atoms with van der Waals surface area (Å²) in [6.07, 6.45) is 3.62. The van der Waals surface area contributed by atoms with Gasteiger partial charge in [-0.1, -0.05) is 20.4 Å². The van der Waals surface area contributed by atoms with Gasteiger partial charge in [-0.05, 0) is 24.8 Å². The summed E-state index contributed by atoms with van der Waals surface area (Å²) >= 11 is 0. The highest BCUT2D eigenvalue weighted by atomic mass is 16.5. The monoisotopic (exact) mass is 223 g/mol. The standard InChI is InChI=1S/C13H21NO2/c1-4-11(15)14-9-13(12(14)10(2)3)5-7-16-8-6-13/h4,10,12H,1,5-9H2,2-3H3. The minimum absolute atomic E-state index is 0.0795. The highest BCUT2D eigenvalue weighted by Crippen LogP contribution is 2.48. The topological polar surface area (TPSA) is 29.5 Å². The lowest BCUT2D eigenvalue weighted by molar-refractivity contribution is -0.170. The Balaban J connectivity index is 2.13. The minimum Gasteiger partial charge on any atom is -0.381 e. The van der Waals surface area contributed by atoms with Crippen LogP contribution in [0.4, 0.5) is 0 Å². The maximum absolute atomic E-state index is 11.7. The zero-order chi connectivity index (χ0) is 11.8. The molecule has 3 nitrogen and oxygen atoms in total. The lowest BCUT2D eigenvalue weighted by atomic mass is 9.62. The Morgan fingerprint density at radius 2 is 2.12 bits per heavy atom. The molecule has 2 saturated heterocycles. The molecule has 2 rings (SSSR count). The summed E-state index contributed by atoms with van der Waals surface area (Å²) in [6.45, 7) is 10.6. The Morgan fingerprint density at radius 1 is 1.50 bits per heavy atom. The van der Waals surface area contributed by atoms with E-state index in [0.717, 1.165) is 32.6 Å². The smallest absolute Gasteiger partial charge is 0.246 e. The number of rotatable bonds is 2. The maximum atomic E-state index is 11.7. The van der Waals surface area contributed by atoms with E-state index in [1.165, 1.54) is 6.08 Å². The Morgan fingerprint density at radius 3 is 2.62 bits per heavy atom. The number of hydrogen-bond acceptors (Lipinski definition) is 2. The first-order chi connectivity index (χ1) is 7.60. The van der Waals surface area contributed by atoms with E-state index >= 15 is 0 Å². The van der Waals surface area contributed by atoms with Gasteiger partial charge in [0.1, 0.15) is 0 Å². The van der Waals surface area contributed by atoms with Gasteiger partial charge in [-0.15, -0.1) is 0 Å². The maximum Gasteiger partial charge on any atom is 0.246 e. The van der Waals surface area contributed by atoms with Gasteiger partial charge in [0, 0.05) is 31.2 Å². The molecule has 0 aromatic carbocycles. The normalized spacial score (nSPS) is 27.9. The van der Waals surface area contributed by atoms with Crippen molar-refractivity contribution in [1.82, 2.24) is 4.90 Å². The van der Waals surface area contributed by atoms with Crippen molar-refractivity contribution in [3.63, 3.8) is 0 Å². The summed E-state index contributed by atoms with van der Waals surface area (Å²) in [6, 6.07) is 0.377. The number of amides is 1. The van der Waals surface area contributed by atoms with Crippen molar-refractivity contribution in [2.45, 2.75) is 32.7 Å². The summed E-state index contributed by atoms with van der Waals surface area (Å²) in [5.41, 5.74) is 0.324. The highest BCUT2D eigenvalue weighted by Gasteiger charge is 2.55. The van der Waals surface area contributed by atoms with Gasteiger partial charge in [-0.2, -0.15) is 0 Å². The number of carbonyl (C=O) groups is 1. The zero-order valence-electron chi connectivity index (χ0n) is 10.2. The third-order valence-corrected chi connectivity index (χ3v) is 4.03. The molecular weight excluding hydrogens is 202 g/mol. The van der Waals surface area contributed by atoms with Crippen LogP contribution in [0, 0.1) is 11.3 Å². The first-order valence-electron chi connectivity index (χ1n) is 6.11. The first kappa shape index (κ1) is 11.6. The van der Waals surface area contributed by atoms with Crippen LogP contribution in [-0.2, 0) is 9.53 Å². The quantitative estimate of drug-likeness (QED) is 0.668. The second kappa shape index (κ2) is 4.21. The molecule has 0 saturated carbocycles. The molecule has 2 aliphatic rings.